The molecule has 5 nitrogen and oxygen atoms in total. The molecule has 1 fully saturated rings. The van der Waals surface area contributed by atoms with Gasteiger partial charge in [-0.2, -0.15) is 0 Å². The molecular weight excluding hydrogens is 346 g/mol. The summed E-state index contributed by atoms with van der Waals surface area (Å²) >= 11 is 1.40. The first-order chi connectivity index (χ1) is 12.7. The van der Waals surface area contributed by atoms with Crippen LogP contribution in [-0.2, 0) is 9.59 Å². The Morgan fingerprint density at radius 2 is 1.88 bits per heavy atom. The molecule has 0 aromatic heterocycles. The third-order valence-electron chi connectivity index (χ3n) is 4.62. The zero-order valence-corrected chi connectivity index (χ0v) is 15.1. The van der Waals surface area contributed by atoms with Crippen LogP contribution in [0.3, 0.4) is 0 Å². The van der Waals surface area contributed by atoms with Gasteiger partial charge in [0.25, 0.3) is 5.91 Å². The fourth-order valence-electron chi connectivity index (χ4n) is 3.20. The molecule has 1 aromatic carbocycles. The summed E-state index contributed by atoms with van der Waals surface area (Å²) in [6.45, 7) is 2.88. The molecule has 0 saturated carbocycles. The Labute approximate surface area is 156 Å². The van der Waals surface area contributed by atoms with Gasteiger partial charge in [-0.1, -0.05) is 36.4 Å². The molecule has 2 aliphatic heterocycles. The van der Waals surface area contributed by atoms with E-state index in [1.54, 1.807) is 4.90 Å². The lowest BCUT2D eigenvalue weighted by atomic mass is 10.1. The second kappa shape index (κ2) is 7.33. The number of hydrogen-bond donors (Lipinski definition) is 0. The van der Waals surface area contributed by atoms with Crippen LogP contribution >= 0.6 is 11.8 Å². The Kier molecular flexibility index (Phi) is 4.75. The molecule has 1 aromatic rings. The smallest absolute Gasteiger partial charge is 0.283 e. The average molecular weight is 365 g/mol. The fourth-order valence-corrected chi connectivity index (χ4v) is 4.21. The van der Waals surface area contributed by atoms with Gasteiger partial charge in [0, 0.05) is 37.9 Å². The molecule has 1 aliphatic carbocycles. The van der Waals surface area contributed by atoms with Gasteiger partial charge in [0.1, 0.15) is 0 Å². The van der Waals surface area contributed by atoms with E-state index in [0.717, 1.165) is 18.8 Å². The third kappa shape index (κ3) is 3.51. The molecule has 2 amide bonds. The van der Waals surface area contributed by atoms with Gasteiger partial charge in [0.2, 0.25) is 5.91 Å². The lowest BCUT2D eigenvalue weighted by Crippen LogP contribution is -2.48. The summed E-state index contributed by atoms with van der Waals surface area (Å²) in [6, 6.07) is 10.2. The van der Waals surface area contributed by atoms with Gasteiger partial charge in [0.15, 0.2) is 0 Å². The zero-order valence-electron chi connectivity index (χ0n) is 14.2. The van der Waals surface area contributed by atoms with Gasteiger partial charge in [-0.25, -0.2) is 4.99 Å². The van der Waals surface area contributed by atoms with Crippen LogP contribution in [-0.4, -0.2) is 53.9 Å². The second-order valence-electron chi connectivity index (χ2n) is 6.28. The van der Waals surface area contributed by atoms with Gasteiger partial charge >= 0.3 is 0 Å². The van der Waals surface area contributed by atoms with Gasteiger partial charge in [-0.05, 0) is 18.2 Å². The van der Waals surface area contributed by atoms with E-state index in [-0.39, 0.29) is 17.1 Å². The number of carbonyl (C=O) groups is 2. The number of rotatable bonds is 2. The number of nitrogens with zero attached hydrogens (tertiary/aromatic N) is 3. The number of anilines is 1. The summed E-state index contributed by atoms with van der Waals surface area (Å²) in [7, 11) is 0. The summed E-state index contributed by atoms with van der Waals surface area (Å²) in [4.78, 5) is 33.4. The van der Waals surface area contributed by atoms with Crippen molar-refractivity contribution in [3.05, 3.63) is 65.6 Å². The molecule has 1 saturated heterocycles. The van der Waals surface area contributed by atoms with Crippen molar-refractivity contribution in [3.8, 4) is 0 Å². The number of thioether (sulfide) groups is 1. The quantitative estimate of drug-likeness (QED) is 0.756. The standard InChI is InChI=1S/C20H19N3O2S/c24-19(14-18-20(25)21-16-8-4-5-9-17(16)26-18)23-12-10-22(11-13-23)15-6-2-1-3-7-15/h1-9,14,17H,10-13H2/b18-14-. The van der Waals surface area contributed by atoms with Crippen molar-refractivity contribution in [1.29, 1.82) is 0 Å². The number of hydrogen-bond acceptors (Lipinski definition) is 4. The Balaban J connectivity index is 1.40. The maximum absolute atomic E-state index is 12.6. The molecule has 2 heterocycles. The number of carbonyl (C=O) groups excluding carboxylic acids is 2. The number of aliphatic imine (C=N–C) groups is 1. The lowest BCUT2D eigenvalue weighted by molar-refractivity contribution is -0.126. The first kappa shape index (κ1) is 16.8. The summed E-state index contributed by atoms with van der Waals surface area (Å²) in [5.74, 6) is -0.431. The highest BCUT2D eigenvalue weighted by atomic mass is 32.2. The number of amides is 2. The second-order valence-corrected chi connectivity index (χ2v) is 7.46. The highest BCUT2D eigenvalue weighted by Crippen LogP contribution is 2.31. The maximum Gasteiger partial charge on any atom is 0.283 e. The van der Waals surface area contributed by atoms with Crippen molar-refractivity contribution >= 4 is 35.0 Å². The Morgan fingerprint density at radius 3 is 2.65 bits per heavy atom. The van der Waals surface area contributed by atoms with Crippen LogP contribution in [0.5, 0.6) is 0 Å². The molecule has 26 heavy (non-hydrogen) atoms. The summed E-state index contributed by atoms with van der Waals surface area (Å²) in [5, 5.41) is 0.0201. The van der Waals surface area contributed by atoms with E-state index in [9.17, 15) is 9.59 Å². The molecule has 0 spiro atoms. The predicted octanol–water partition coefficient (Wildman–Crippen LogP) is 2.43. The largest absolute Gasteiger partial charge is 0.368 e. The number of piperazine rings is 1. The first-order valence-corrected chi connectivity index (χ1v) is 9.54. The van der Waals surface area contributed by atoms with E-state index < -0.39 is 0 Å². The molecule has 4 rings (SSSR count). The Hall–Kier alpha value is -2.60. The van der Waals surface area contributed by atoms with Crippen LogP contribution in [0.25, 0.3) is 0 Å². The van der Waals surface area contributed by atoms with Crippen molar-refractivity contribution in [3.63, 3.8) is 0 Å². The van der Waals surface area contributed by atoms with Crippen LogP contribution in [0.1, 0.15) is 0 Å². The molecule has 0 bridgehead atoms. The number of allylic oxidation sites excluding steroid dienone is 3. The maximum atomic E-state index is 12.6. The van der Waals surface area contributed by atoms with E-state index in [1.165, 1.54) is 23.5 Å². The van der Waals surface area contributed by atoms with Crippen LogP contribution < -0.4 is 4.90 Å². The monoisotopic (exact) mass is 365 g/mol. The number of fused-ring (bicyclic) bond motifs is 1. The van der Waals surface area contributed by atoms with E-state index in [2.05, 4.69) is 22.0 Å². The third-order valence-corrected chi connectivity index (χ3v) is 5.82. The van der Waals surface area contributed by atoms with Gasteiger partial charge in [-0.15, -0.1) is 11.8 Å². The van der Waals surface area contributed by atoms with Crippen LogP contribution in [0, 0.1) is 0 Å². The molecule has 3 aliphatic rings. The van der Waals surface area contributed by atoms with E-state index in [4.69, 9.17) is 0 Å². The molecule has 1 unspecified atom stereocenters. The predicted molar refractivity (Wildman–Crippen MR) is 105 cm³/mol. The van der Waals surface area contributed by atoms with Crippen molar-refractivity contribution in [2.24, 2.45) is 4.99 Å². The topological polar surface area (TPSA) is 53.0 Å². The molecule has 0 radical (unpaired) electrons. The molecule has 132 valence electrons. The molecular formula is C20H19N3O2S. The van der Waals surface area contributed by atoms with Crippen molar-refractivity contribution in [2.45, 2.75) is 5.25 Å². The SMILES string of the molecule is O=C1N=C2C=CC=CC2S/C1=C\C(=O)N1CCN(c2ccccc2)CC1. The normalized spacial score (nSPS) is 23.8. The minimum absolute atomic E-state index is 0.0201. The van der Waals surface area contributed by atoms with E-state index >= 15 is 0 Å². The summed E-state index contributed by atoms with van der Waals surface area (Å²) < 4.78 is 0. The van der Waals surface area contributed by atoms with Crippen molar-refractivity contribution < 1.29 is 9.59 Å². The first-order valence-electron chi connectivity index (χ1n) is 8.66. The summed E-state index contributed by atoms with van der Waals surface area (Å²) in [6.07, 6.45) is 9.10. The minimum Gasteiger partial charge on any atom is -0.368 e. The van der Waals surface area contributed by atoms with Gasteiger partial charge in [-0.3, -0.25) is 9.59 Å². The highest BCUT2D eigenvalue weighted by molar-refractivity contribution is 8.05. The van der Waals surface area contributed by atoms with Crippen molar-refractivity contribution in [2.75, 3.05) is 31.1 Å². The number of benzene rings is 1. The molecule has 0 N–H and O–H groups in total. The number of para-hydroxylation sites is 1. The Bertz CT molecular complexity index is 834. The van der Waals surface area contributed by atoms with Gasteiger partial charge < -0.3 is 9.80 Å². The average Bonchev–Trinajstić information content (AvgIpc) is 2.69. The van der Waals surface area contributed by atoms with E-state index in [0.29, 0.717) is 18.0 Å². The minimum atomic E-state index is -0.322. The summed E-state index contributed by atoms with van der Waals surface area (Å²) in [5.41, 5.74) is 1.93. The highest BCUT2D eigenvalue weighted by Gasteiger charge is 2.28. The fraction of sp³-hybridized carbons (Fsp3) is 0.250. The van der Waals surface area contributed by atoms with Crippen LogP contribution in [0.2, 0.25) is 0 Å². The molecule has 6 heteroatoms. The van der Waals surface area contributed by atoms with E-state index in [1.807, 2.05) is 42.5 Å². The van der Waals surface area contributed by atoms with Crippen molar-refractivity contribution in [1.82, 2.24) is 4.90 Å². The van der Waals surface area contributed by atoms with Crippen LogP contribution in [0.15, 0.2) is 70.6 Å². The van der Waals surface area contributed by atoms with Crippen LogP contribution in [0.4, 0.5) is 5.69 Å². The Morgan fingerprint density at radius 1 is 1.12 bits per heavy atom. The zero-order chi connectivity index (χ0) is 17.9. The lowest BCUT2D eigenvalue weighted by Gasteiger charge is -2.35. The molecule has 1 atom stereocenters. The van der Waals surface area contributed by atoms with Gasteiger partial charge in [0.05, 0.1) is 15.9 Å².